The Morgan fingerprint density at radius 2 is 1.78 bits per heavy atom. The minimum Gasteiger partial charge on any atom is -0.277 e. The van der Waals surface area contributed by atoms with E-state index in [1.807, 2.05) is 41.0 Å². The van der Waals surface area contributed by atoms with Crippen molar-refractivity contribution in [1.29, 1.82) is 0 Å². The number of nitrogens with zero attached hydrogens (tertiary/aromatic N) is 3. The molecule has 0 aliphatic heterocycles. The van der Waals surface area contributed by atoms with Gasteiger partial charge in [-0.05, 0) is 37.4 Å². The Morgan fingerprint density at radius 1 is 1.06 bits per heavy atom. The summed E-state index contributed by atoms with van der Waals surface area (Å²) in [4.78, 5) is 8.51. The van der Waals surface area contributed by atoms with Gasteiger partial charge >= 0.3 is 0 Å². The van der Waals surface area contributed by atoms with Gasteiger partial charge in [-0.1, -0.05) is 30.3 Å². The fraction of sp³-hybridized carbons (Fsp3) is 0.0667. The quantitative estimate of drug-likeness (QED) is 0.623. The lowest BCUT2D eigenvalue weighted by molar-refractivity contribution is 1.06. The summed E-state index contributed by atoms with van der Waals surface area (Å²) < 4.78 is 2.04. The van der Waals surface area contributed by atoms with Crippen molar-refractivity contribution in [3.63, 3.8) is 0 Å². The molecule has 1 heterocycles. The number of benzene rings is 2. The molecule has 88 valence electrons. The van der Waals surface area contributed by atoms with E-state index in [2.05, 4.69) is 35.8 Å². The van der Waals surface area contributed by atoms with E-state index < -0.39 is 0 Å². The molecule has 3 nitrogen and oxygen atoms in total. The molecule has 0 unspecified atom stereocenters. The van der Waals surface area contributed by atoms with Crippen LogP contribution in [0.25, 0.3) is 16.7 Å². The molecule has 0 atom stereocenters. The first kappa shape index (κ1) is 10.7. The lowest BCUT2D eigenvalue weighted by Gasteiger charge is -2.09. The number of aliphatic imine (C=N–C) groups is 1. The van der Waals surface area contributed by atoms with Crippen molar-refractivity contribution in [3.8, 4) is 5.69 Å². The van der Waals surface area contributed by atoms with Crippen molar-refractivity contribution >= 4 is 23.7 Å². The second kappa shape index (κ2) is 4.11. The summed E-state index contributed by atoms with van der Waals surface area (Å²) in [5, 5.41) is 0. The molecule has 3 aromatic rings. The Hall–Kier alpha value is -2.42. The van der Waals surface area contributed by atoms with Crippen LogP contribution < -0.4 is 0 Å². The smallest absolute Gasteiger partial charge is 0.234 e. The van der Waals surface area contributed by atoms with Crippen LogP contribution in [0.1, 0.15) is 5.56 Å². The highest BCUT2D eigenvalue weighted by molar-refractivity contribution is 5.81. The normalized spacial score (nSPS) is 10.7. The Bertz CT molecular complexity index is 725. The molecule has 0 saturated carbocycles. The molecule has 1 aromatic heterocycles. The van der Waals surface area contributed by atoms with E-state index in [1.165, 1.54) is 5.56 Å². The standard InChI is InChI=1S/C15H13N3/c1-11-7-3-5-9-13(11)18-14-10-6-4-8-12(14)17-15(18)16-2/h3-10H,2H2,1H3. The summed E-state index contributed by atoms with van der Waals surface area (Å²) in [6.07, 6.45) is 0. The van der Waals surface area contributed by atoms with Crippen LogP contribution in [-0.4, -0.2) is 16.3 Å². The van der Waals surface area contributed by atoms with Gasteiger partial charge in [0.1, 0.15) is 0 Å². The van der Waals surface area contributed by atoms with E-state index >= 15 is 0 Å². The minimum atomic E-state index is 0.630. The summed E-state index contributed by atoms with van der Waals surface area (Å²) in [5.74, 6) is 0.630. The first-order chi connectivity index (χ1) is 8.81. The van der Waals surface area contributed by atoms with Gasteiger partial charge in [-0.2, -0.15) is 0 Å². The Kier molecular flexibility index (Phi) is 2.45. The van der Waals surface area contributed by atoms with E-state index in [4.69, 9.17) is 0 Å². The fourth-order valence-electron chi connectivity index (χ4n) is 2.17. The van der Waals surface area contributed by atoms with Gasteiger partial charge in [0, 0.05) is 0 Å². The molecule has 3 heteroatoms. The van der Waals surface area contributed by atoms with Gasteiger partial charge in [0.05, 0.1) is 16.7 Å². The van der Waals surface area contributed by atoms with Gasteiger partial charge in [0.25, 0.3) is 0 Å². The molecule has 2 aromatic carbocycles. The number of imidazole rings is 1. The van der Waals surface area contributed by atoms with Crippen LogP contribution in [0.15, 0.2) is 53.5 Å². The van der Waals surface area contributed by atoms with Crippen molar-refractivity contribution in [3.05, 3.63) is 54.1 Å². The van der Waals surface area contributed by atoms with Crippen LogP contribution in [0.5, 0.6) is 0 Å². The summed E-state index contributed by atoms with van der Waals surface area (Å²) >= 11 is 0. The van der Waals surface area contributed by atoms with Crippen LogP contribution in [0.3, 0.4) is 0 Å². The highest BCUT2D eigenvalue weighted by Crippen LogP contribution is 2.27. The van der Waals surface area contributed by atoms with Crippen LogP contribution in [0.4, 0.5) is 5.95 Å². The Morgan fingerprint density at radius 3 is 2.56 bits per heavy atom. The SMILES string of the molecule is C=Nc1nc2ccccc2n1-c1ccccc1C. The van der Waals surface area contributed by atoms with Gasteiger partial charge in [0.2, 0.25) is 5.95 Å². The zero-order valence-electron chi connectivity index (χ0n) is 10.2. The molecule has 0 spiro atoms. The molecule has 18 heavy (non-hydrogen) atoms. The fourth-order valence-corrected chi connectivity index (χ4v) is 2.17. The van der Waals surface area contributed by atoms with E-state index in [0.29, 0.717) is 5.95 Å². The Labute approximate surface area is 105 Å². The number of para-hydroxylation sites is 3. The van der Waals surface area contributed by atoms with Crippen molar-refractivity contribution in [2.24, 2.45) is 4.99 Å². The first-order valence-electron chi connectivity index (χ1n) is 5.81. The van der Waals surface area contributed by atoms with Crippen LogP contribution in [0.2, 0.25) is 0 Å². The van der Waals surface area contributed by atoms with Crippen molar-refractivity contribution in [2.45, 2.75) is 6.92 Å². The number of rotatable bonds is 2. The third-order valence-corrected chi connectivity index (χ3v) is 3.04. The molecule has 0 bridgehead atoms. The molecule has 0 aliphatic rings. The first-order valence-corrected chi connectivity index (χ1v) is 5.81. The summed E-state index contributed by atoms with van der Waals surface area (Å²) in [6.45, 7) is 5.69. The van der Waals surface area contributed by atoms with Crippen molar-refractivity contribution in [1.82, 2.24) is 9.55 Å². The van der Waals surface area contributed by atoms with Gasteiger partial charge in [-0.15, -0.1) is 0 Å². The summed E-state index contributed by atoms with van der Waals surface area (Å²) in [5.41, 5.74) is 4.26. The summed E-state index contributed by atoms with van der Waals surface area (Å²) in [6, 6.07) is 16.2. The number of aryl methyl sites for hydroxylation is 1. The minimum absolute atomic E-state index is 0.630. The monoisotopic (exact) mass is 235 g/mol. The van der Waals surface area contributed by atoms with Crippen molar-refractivity contribution in [2.75, 3.05) is 0 Å². The molecular weight excluding hydrogens is 222 g/mol. The third-order valence-electron chi connectivity index (χ3n) is 3.04. The van der Waals surface area contributed by atoms with Gasteiger partial charge in [-0.3, -0.25) is 4.57 Å². The van der Waals surface area contributed by atoms with Gasteiger partial charge in [0.15, 0.2) is 0 Å². The van der Waals surface area contributed by atoms with Gasteiger partial charge in [-0.25, -0.2) is 9.98 Å². The second-order valence-corrected chi connectivity index (χ2v) is 4.18. The average molecular weight is 235 g/mol. The predicted molar refractivity (Wildman–Crippen MR) is 75.0 cm³/mol. The molecule has 0 fully saturated rings. The maximum Gasteiger partial charge on any atom is 0.234 e. The second-order valence-electron chi connectivity index (χ2n) is 4.18. The van der Waals surface area contributed by atoms with Crippen LogP contribution >= 0.6 is 0 Å². The third kappa shape index (κ3) is 1.52. The molecular formula is C15H13N3. The highest BCUT2D eigenvalue weighted by Gasteiger charge is 2.11. The van der Waals surface area contributed by atoms with E-state index in [-0.39, 0.29) is 0 Å². The predicted octanol–water partition coefficient (Wildman–Crippen LogP) is 3.67. The van der Waals surface area contributed by atoms with Crippen molar-refractivity contribution < 1.29 is 0 Å². The zero-order valence-corrected chi connectivity index (χ0v) is 10.2. The lowest BCUT2D eigenvalue weighted by Crippen LogP contribution is -1.95. The summed E-state index contributed by atoms with van der Waals surface area (Å²) in [7, 11) is 0. The highest BCUT2D eigenvalue weighted by atomic mass is 15.2. The lowest BCUT2D eigenvalue weighted by atomic mass is 10.2. The van der Waals surface area contributed by atoms with Crippen LogP contribution in [0, 0.1) is 6.92 Å². The van der Waals surface area contributed by atoms with E-state index in [9.17, 15) is 0 Å². The number of aromatic nitrogens is 2. The number of hydrogen-bond donors (Lipinski definition) is 0. The van der Waals surface area contributed by atoms with Gasteiger partial charge < -0.3 is 0 Å². The maximum absolute atomic E-state index is 4.48. The van der Waals surface area contributed by atoms with Crippen LogP contribution in [-0.2, 0) is 0 Å². The number of hydrogen-bond acceptors (Lipinski definition) is 2. The van der Waals surface area contributed by atoms with E-state index in [1.54, 1.807) is 0 Å². The molecule has 0 amide bonds. The molecule has 0 N–H and O–H groups in total. The Balaban J connectivity index is 2.41. The zero-order chi connectivity index (χ0) is 12.5. The number of fused-ring (bicyclic) bond motifs is 1. The molecule has 3 rings (SSSR count). The molecule has 0 aliphatic carbocycles. The maximum atomic E-state index is 4.48. The topological polar surface area (TPSA) is 30.2 Å². The molecule has 0 radical (unpaired) electrons. The molecule has 0 saturated heterocycles. The average Bonchev–Trinajstić information content (AvgIpc) is 2.78. The van der Waals surface area contributed by atoms with E-state index in [0.717, 1.165) is 16.7 Å². The largest absolute Gasteiger partial charge is 0.277 e.